The molecule has 0 unspecified atom stereocenters. The number of nitrogens with zero attached hydrogens (tertiary/aromatic N) is 4. The Kier molecular flexibility index (Phi) is 3.51. The molecule has 20 heavy (non-hydrogen) atoms. The number of hydrogen-bond acceptors (Lipinski definition) is 3. The van der Waals surface area contributed by atoms with Crippen LogP contribution in [0.1, 0.15) is 16.1 Å². The molecule has 6 nitrogen and oxygen atoms in total. The van der Waals surface area contributed by atoms with E-state index < -0.39 is 18.6 Å². The fourth-order valence-electron chi connectivity index (χ4n) is 1.72. The van der Waals surface area contributed by atoms with Gasteiger partial charge in [-0.3, -0.25) is 14.2 Å². The fraction of sp³-hybridized carbons (Fsp3) is 0.364. The minimum absolute atomic E-state index is 0.197. The van der Waals surface area contributed by atoms with E-state index in [4.69, 9.17) is 0 Å². The van der Waals surface area contributed by atoms with Crippen LogP contribution >= 0.6 is 0 Å². The Balaban J connectivity index is 2.07. The second-order valence-corrected chi connectivity index (χ2v) is 4.30. The van der Waals surface area contributed by atoms with E-state index in [9.17, 15) is 18.0 Å². The minimum Gasteiger partial charge on any atom is -0.319 e. The SMILES string of the molecule is Cc1nn(C)cc1C(=O)Nc1cnn(CC(F)(F)F)c1. The van der Waals surface area contributed by atoms with Gasteiger partial charge in [0.15, 0.2) is 0 Å². The van der Waals surface area contributed by atoms with Crippen molar-refractivity contribution in [1.82, 2.24) is 19.6 Å². The van der Waals surface area contributed by atoms with E-state index in [0.717, 1.165) is 12.4 Å². The van der Waals surface area contributed by atoms with Crippen molar-refractivity contribution >= 4 is 11.6 Å². The van der Waals surface area contributed by atoms with Crippen LogP contribution in [0.5, 0.6) is 0 Å². The molecule has 0 aliphatic heterocycles. The monoisotopic (exact) mass is 287 g/mol. The van der Waals surface area contributed by atoms with Crippen molar-refractivity contribution in [3.63, 3.8) is 0 Å². The number of rotatable bonds is 3. The van der Waals surface area contributed by atoms with Crippen LogP contribution in [0, 0.1) is 6.92 Å². The molecule has 0 saturated carbocycles. The number of aryl methyl sites for hydroxylation is 2. The second-order valence-electron chi connectivity index (χ2n) is 4.30. The number of alkyl halides is 3. The topological polar surface area (TPSA) is 64.7 Å². The van der Waals surface area contributed by atoms with Gasteiger partial charge in [-0.2, -0.15) is 23.4 Å². The molecule has 1 amide bonds. The first-order valence-electron chi connectivity index (χ1n) is 5.65. The molecule has 2 aromatic rings. The van der Waals surface area contributed by atoms with Gasteiger partial charge in [0, 0.05) is 19.4 Å². The molecule has 0 saturated heterocycles. The molecule has 0 radical (unpaired) electrons. The van der Waals surface area contributed by atoms with Crippen molar-refractivity contribution < 1.29 is 18.0 Å². The van der Waals surface area contributed by atoms with E-state index >= 15 is 0 Å². The molecule has 108 valence electrons. The summed E-state index contributed by atoms with van der Waals surface area (Å²) < 4.78 is 38.7. The van der Waals surface area contributed by atoms with Gasteiger partial charge >= 0.3 is 6.18 Å². The number of nitrogens with one attached hydrogen (secondary N) is 1. The molecule has 0 aliphatic carbocycles. The van der Waals surface area contributed by atoms with Crippen molar-refractivity contribution in [3.8, 4) is 0 Å². The number of aromatic nitrogens is 4. The molecular formula is C11H12F3N5O. The zero-order chi connectivity index (χ0) is 14.9. The summed E-state index contributed by atoms with van der Waals surface area (Å²) in [6, 6.07) is 0. The van der Waals surface area contributed by atoms with Crippen molar-refractivity contribution in [2.45, 2.75) is 19.6 Å². The van der Waals surface area contributed by atoms with Crippen LogP contribution in [0.4, 0.5) is 18.9 Å². The third-order valence-corrected chi connectivity index (χ3v) is 2.49. The molecular weight excluding hydrogens is 275 g/mol. The number of carbonyl (C=O) groups is 1. The Hall–Kier alpha value is -2.32. The lowest BCUT2D eigenvalue weighted by Gasteiger charge is -2.05. The Morgan fingerprint density at radius 1 is 1.40 bits per heavy atom. The van der Waals surface area contributed by atoms with E-state index in [2.05, 4.69) is 15.5 Å². The summed E-state index contributed by atoms with van der Waals surface area (Å²) in [5.74, 6) is -0.442. The molecule has 2 heterocycles. The predicted octanol–water partition coefficient (Wildman–Crippen LogP) is 1.74. The molecule has 2 aromatic heterocycles. The lowest BCUT2D eigenvalue weighted by atomic mass is 10.2. The summed E-state index contributed by atoms with van der Waals surface area (Å²) in [6.45, 7) is 0.469. The van der Waals surface area contributed by atoms with E-state index in [0.29, 0.717) is 15.9 Å². The van der Waals surface area contributed by atoms with Gasteiger partial charge in [0.05, 0.1) is 23.1 Å². The summed E-state index contributed by atoms with van der Waals surface area (Å²) >= 11 is 0. The largest absolute Gasteiger partial charge is 0.408 e. The van der Waals surface area contributed by atoms with E-state index in [1.54, 1.807) is 14.0 Å². The zero-order valence-electron chi connectivity index (χ0n) is 10.8. The Morgan fingerprint density at radius 2 is 2.10 bits per heavy atom. The Labute approximate surface area is 112 Å². The highest BCUT2D eigenvalue weighted by atomic mass is 19.4. The van der Waals surface area contributed by atoms with Gasteiger partial charge in [-0.05, 0) is 6.92 Å². The molecule has 0 aliphatic rings. The maximum atomic E-state index is 12.2. The summed E-state index contributed by atoms with van der Waals surface area (Å²) in [5, 5.41) is 10.0. The Bertz CT molecular complexity index is 628. The standard InChI is InChI=1S/C11H12F3N5O/c1-7-9(5-18(2)17-7)10(20)16-8-3-15-19(4-8)6-11(12,13)14/h3-5H,6H2,1-2H3,(H,16,20). The minimum atomic E-state index is -4.35. The highest BCUT2D eigenvalue weighted by Crippen LogP contribution is 2.18. The smallest absolute Gasteiger partial charge is 0.319 e. The number of amides is 1. The van der Waals surface area contributed by atoms with Crippen molar-refractivity contribution in [2.24, 2.45) is 7.05 Å². The van der Waals surface area contributed by atoms with E-state index in [1.165, 1.54) is 10.9 Å². The average Bonchev–Trinajstić information content (AvgIpc) is 2.83. The van der Waals surface area contributed by atoms with Crippen molar-refractivity contribution in [3.05, 3.63) is 29.8 Å². The summed E-state index contributed by atoms with van der Waals surface area (Å²) in [6.07, 6.45) is -0.537. The molecule has 0 atom stereocenters. The molecule has 0 bridgehead atoms. The van der Waals surface area contributed by atoms with Gasteiger partial charge in [-0.25, -0.2) is 0 Å². The lowest BCUT2D eigenvalue weighted by molar-refractivity contribution is -0.142. The van der Waals surface area contributed by atoms with Crippen LogP contribution in [0.3, 0.4) is 0 Å². The van der Waals surface area contributed by atoms with Crippen LogP contribution in [-0.4, -0.2) is 31.6 Å². The fourth-order valence-corrected chi connectivity index (χ4v) is 1.72. The van der Waals surface area contributed by atoms with Crippen molar-refractivity contribution in [2.75, 3.05) is 5.32 Å². The molecule has 2 rings (SSSR count). The van der Waals surface area contributed by atoms with Gasteiger partial charge in [-0.15, -0.1) is 0 Å². The predicted molar refractivity (Wildman–Crippen MR) is 64.2 cm³/mol. The number of anilines is 1. The zero-order valence-corrected chi connectivity index (χ0v) is 10.8. The number of hydrogen-bond donors (Lipinski definition) is 1. The highest BCUT2D eigenvalue weighted by molar-refractivity contribution is 6.04. The van der Waals surface area contributed by atoms with Gasteiger partial charge in [0.1, 0.15) is 6.54 Å². The molecule has 0 aromatic carbocycles. The first kappa shape index (κ1) is 14.1. The second kappa shape index (κ2) is 4.99. The molecule has 9 heteroatoms. The molecule has 0 spiro atoms. The number of halogens is 3. The highest BCUT2D eigenvalue weighted by Gasteiger charge is 2.28. The van der Waals surface area contributed by atoms with Crippen LogP contribution in [0.15, 0.2) is 18.6 Å². The first-order valence-corrected chi connectivity index (χ1v) is 5.65. The summed E-state index contributed by atoms with van der Waals surface area (Å²) in [7, 11) is 1.67. The van der Waals surface area contributed by atoms with E-state index in [-0.39, 0.29) is 5.69 Å². The van der Waals surface area contributed by atoms with Gasteiger partial charge in [0.25, 0.3) is 5.91 Å². The summed E-state index contributed by atoms with van der Waals surface area (Å²) in [4.78, 5) is 11.9. The van der Waals surface area contributed by atoms with Crippen LogP contribution in [-0.2, 0) is 13.6 Å². The average molecular weight is 287 g/mol. The quantitative estimate of drug-likeness (QED) is 0.935. The van der Waals surface area contributed by atoms with Crippen molar-refractivity contribution in [1.29, 1.82) is 0 Å². The van der Waals surface area contributed by atoms with Gasteiger partial charge < -0.3 is 5.32 Å². The maximum absolute atomic E-state index is 12.2. The number of carbonyl (C=O) groups excluding carboxylic acids is 1. The van der Waals surface area contributed by atoms with Gasteiger partial charge in [0.2, 0.25) is 0 Å². The first-order chi connectivity index (χ1) is 9.24. The van der Waals surface area contributed by atoms with E-state index in [1.807, 2.05) is 0 Å². The normalized spacial score (nSPS) is 11.7. The third-order valence-electron chi connectivity index (χ3n) is 2.49. The Morgan fingerprint density at radius 3 is 2.65 bits per heavy atom. The molecule has 0 fully saturated rings. The molecule has 1 N–H and O–H groups in total. The lowest BCUT2D eigenvalue weighted by Crippen LogP contribution is -2.18. The maximum Gasteiger partial charge on any atom is 0.408 e. The van der Waals surface area contributed by atoms with Crippen LogP contribution in [0.2, 0.25) is 0 Å². The summed E-state index contributed by atoms with van der Waals surface area (Å²) in [5.41, 5.74) is 1.09. The van der Waals surface area contributed by atoms with Crippen LogP contribution < -0.4 is 5.32 Å². The van der Waals surface area contributed by atoms with Gasteiger partial charge in [-0.1, -0.05) is 0 Å². The van der Waals surface area contributed by atoms with Crippen LogP contribution in [0.25, 0.3) is 0 Å². The third kappa shape index (κ3) is 3.37.